The summed E-state index contributed by atoms with van der Waals surface area (Å²) >= 11 is 1.24. The van der Waals surface area contributed by atoms with Gasteiger partial charge in [-0.25, -0.2) is 4.98 Å². The monoisotopic (exact) mass is 328 g/mol. The number of phenolic OH excluding ortho intramolecular Hbond substituents is 1. The molecule has 1 aromatic heterocycles. The van der Waals surface area contributed by atoms with Gasteiger partial charge in [0.15, 0.2) is 0 Å². The minimum Gasteiger partial charge on any atom is -0.508 e. The zero-order valence-electron chi connectivity index (χ0n) is 12.4. The van der Waals surface area contributed by atoms with Crippen LogP contribution < -0.4 is 5.73 Å². The molecule has 0 aliphatic heterocycles. The second-order valence-corrected chi connectivity index (χ2v) is 5.94. The number of aromatic nitrogens is 1. The van der Waals surface area contributed by atoms with Crippen molar-refractivity contribution in [1.29, 1.82) is 10.7 Å². The van der Waals surface area contributed by atoms with Crippen LogP contribution in [0.15, 0.2) is 29.3 Å². The van der Waals surface area contributed by atoms with Crippen LogP contribution >= 0.6 is 11.8 Å². The molecule has 1 atom stereocenters. The Labute approximate surface area is 138 Å². The summed E-state index contributed by atoms with van der Waals surface area (Å²) < 4.78 is 0. The van der Waals surface area contributed by atoms with Crippen molar-refractivity contribution in [3.05, 3.63) is 35.4 Å². The van der Waals surface area contributed by atoms with Crippen molar-refractivity contribution >= 4 is 23.8 Å². The summed E-state index contributed by atoms with van der Waals surface area (Å²) in [6, 6.07) is 8.43. The number of aliphatic hydroxyl groups is 1. The Kier molecular flexibility index (Phi) is 5.21. The first-order valence-corrected chi connectivity index (χ1v) is 7.80. The van der Waals surface area contributed by atoms with E-state index in [-0.39, 0.29) is 11.6 Å². The molecule has 0 radical (unpaired) electrons. The van der Waals surface area contributed by atoms with Crippen LogP contribution in [0.1, 0.15) is 18.1 Å². The molecule has 2 rings (SSSR count). The number of nitrogens with zero attached hydrogens (tertiary/aromatic N) is 2. The third-order valence-corrected chi connectivity index (χ3v) is 4.32. The Morgan fingerprint density at radius 3 is 2.61 bits per heavy atom. The van der Waals surface area contributed by atoms with Crippen LogP contribution in [0.4, 0.5) is 5.82 Å². The molecule has 0 aliphatic rings. The molecule has 0 bridgehead atoms. The van der Waals surface area contributed by atoms with E-state index in [0.717, 1.165) is 6.21 Å². The summed E-state index contributed by atoms with van der Waals surface area (Å²) in [7, 11) is 0. The Morgan fingerprint density at radius 1 is 1.43 bits per heavy atom. The number of nitrogen functional groups attached to an aromatic ring is 1. The number of anilines is 1. The molecule has 2 aromatic rings. The molecule has 1 unspecified atom stereocenters. The molecule has 7 heteroatoms. The Hall–Kier alpha value is -2.56. The standard InChI is InChI=1S/C16H16N4O2S/c1-9(21)8-23-16-13(7-18)14(12(6-17)15(19)20-16)10-2-4-11(22)5-3-10/h2-6,9,17,21-22H,8H2,1H3,(H2,19,20). The van der Waals surface area contributed by atoms with E-state index >= 15 is 0 Å². The van der Waals surface area contributed by atoms with Crippen LogP contribution in [0, 0.1) is 16.7 Å². The summed E-state index contributed by atoms with van der Waals surface area (Å²) in [6.07, 6.45) is 0.517. The molecule has 23 heavy (non-hydrogen) atoms. The fraction of sp³-hybridized carbons (Fsp3) is 0.188. The van der Waals surface area contributed by atoms with Gasteiger partial charge in [-0.05, 0) is 24.6 Å². The van der Waals surface area contributed by atoms with Gasteiger partial charge in [0.2, 0.25) is 0 Å². The van der Waals surface area contributed by atoms with Crippen LogP contribution in [0.3, 0.4) is 0 Å². The first-order chi connectivity index (χ1) is 11.0. The smallest absolute Gasteiger partial charge is 0.134 e. The van der Waals surface area contributed by atoms with E-state index in [4.69, 9.17) is 11.1 Å². The molecule has 6 nitrogen and oxygen atoms in total. The molecule has 0 spiro atoms. The quantitative estimate of drug-likeness (QED) is 0.493. The molecule has 0 saturated heterocycles. The van der Waals surface area contributed by atoms with E-state index in [1.54, 1.807) is 19.1 Å². The van der Waals surface area contributed by atoms with Crippen molar-refractivity contribution in [3.8, 4) is 22.9 Å². The molecule has 1 heterocycles. The highest BCUT2D eigenvalue weighted by Gasteiger charge is 2.19. The number of nitrogens with two attached hydrogens (primary N) is 1. The van der Waals surface area contributed by atoms with E-state index in [1.807, 2.05) is 0 Å². The van der Waals surface area contributed by atoms with Crippen molar-refractivity contribution in [1.82, 2.24) is 4.98 Å². The minimum atomic E-state index is -0.547. The number of benzene rings is 1. The first kappa shape index (κ1) is 16.8. The summed E-state index contributed by atoms with van der Waals surface area (Å²) in [5, 5.41) is 36.4. The van der Waals surface area contributed by atoms with Crippen LogP contribution in [0.2, 0.25) is 0 Å². The number of hydrogen-bond donors (Lipinski definition) is 4. The van der Waals surface area contributed by atoms with Crippen molar-refractivity contribution in [2.45, 2.75) is 18.1 Å². The number of nitriles is 1. The summed E-state index contributed by atoms with van der Waals surface area (Å²) in [5.41, 5.74) is 7.75. The number of rotatable bonds is 5. The lowest BCUT2D eigenvalue weighted by atomic mass is 9.96. The zero-order chi connectivity index (χ0) is 17.0. The maximum absolute atomic E-state index is 9.56. The molecule has 0 amide bonds. The number of pyridine rings is 1. The van der Waals surface area contributed by atoms with Gasteiger partial charge in [0.25, 0.3) is 0 Å². The van der Waals surface area contributed by atoms with Crippen LogP contribution in [-0.4, -0.2) is 33.3 Å². The topological polar surface area (TPSA) is 127 Å². The van der Waals surface area contributed by atoms with Crippen LogP contribution in [-0.2, 0) is 0 Å². The second-order valence-electron chi connectivity index (χ2n) is 4.93. The van der Waals surface area contributed by atoms with Crippen molar-refractivity contribution in [3.63, 3.8) is 0 Å². The maximum atomic E-state index is 9.56. The highest BCUT2D eigenvalue weighted by Crippen LogP contribution is 2.35. The third-order valence-electron chi connectivity index (χ3n) is 3.10. The predicted octanol–water partition coefficient (Wildman–Crippen LogP) is 2.38. The van der Waals surface area contributed by atoms with Crippen LogP contribution in [0.5, 0.6) is 5.75 Å². The summed E-state index contributed by atoms with van der Waals surface area (Å²) in [6.45, 7) is 1.65. The third kappa shape index (κ3) is 3.62. The summed E-state index contributed by atoms with van der Waals surface area (Å²) in [5.74, 6) is 0.629. The Bertz CT molecular complexity index is 767. The van der Waals surface area contributed by atoms with Crippen LogP contribution in [0.25, 0.3) is 11.1 Å². The molecule has 0 fully saturated rings. The molecule has 118 valence electrons. The normalized spacial score (nSPS) is 11.7. The van der Waals surface area contributed by atoms with Crippen molar-refractivity contribution < 1.29 is 10.2 Å². The molecule has 0 saturated carbocycles. The lowest BCUT2D eigenvalue weighted by Crippen LogP contribution is -2.07. The Morgan fingerprint density at radius 2 is 2.09 bits per heavy atom. The molecule has 1 aromatic carbocycles. The minimum absolute atomic E-state index is 0.106. The van der Waals surface area contributed by atoms with E-state index in [2.05, 4.69) is 11.1 Å². The van der Waals surface area contributed by atoms with Gasteiger partial charge in [0, 0.05) is 23.1 Å². The van der Waals surface area contributed by atoms with Gasteiger partial charge in [-0.2, -0.15) is 5.26 Å². The van der Waals surface area contributed by atoms with E-state index in [0.29, 0.717) is 33.0 Å². The van der Waals surface area contributed by atoms with Crippen molar-refractivity contribution in [2.75, 3.05) is 11.5 Å². The first-order valence-electron chi connectivity index (χ1n) is 6.82. The number of phenols is 1. The second kappa shape index (κ2) is 7.13. The zero-order valence-corrected chi connectivity index (χ0v) is 13.3. The Balaban J connectivity index is 2.68. The summed E-state index contributed by atoms with van der Waals surface area (Å²) in [4.78, 5) is 4.20. The van der Waals surface area contributed by atoms with Gasteiger partial charge in [0.05, 0.1) is 11.7 Å². The van der Waals surface area contributed by atoms with E-state index < -0.39 is 6.10 Å². The predicted molar refractivity (Wildman–Crippen MR) is 90.8 cm³/mol. The molecular weight excluding hydrogens is 312 g/mol. The van der Waals surface area contributed by atoms with Gasteiger partial charge in [-0.3, -0.25) is 0 Å². The van der Waals surface area contributed by atoms with Gasteiger partial charge >= 0.3 is 0 Å². The molecule has 5 N–H and O–H groups in total. The van der Waals surface area contributed by atoms with Gasteiger partial charge in [0.1, 0.15) is 22.7 Å². The average molecular weight is 328 g/mol. The van der Waals surface area contributed by atoms with Gasteiger partial charge in [-0.1, -0.05) is 12.1 Å². The number of aliphatic hydroxyl groups excluding tert-OH is 1. The fourth-order valence-corrected chi connectivity index (χ4v) is 2.93. The van der Waals surface area contributed by atoms with E-state index in [1.165, 1.54) is 23.9 Å². The number of nitrogens with one attached hydrogen (secondary N) is 1. The SMILES string of the molecule is CC(O)CSc1nc(N)c(C=N)c(-c2ccc(O)cc2)c1C#N. The number of hydrogen-bond acceptors (Lipinski definition) is 7. The maximum Gasteiger partial charge on any atom is 0.134 e. The largest absolute Gasteiger partial charge is 0.508 e. The van der Waals surface area contributed by atoms with Gasteiger partial charge in [-0.15, -0.1) is 11.8 Å². The van der Waals surface area contributed by atoms with E-state index in [9.17, 15) is 15.5 Å². The number of thioether (sulfide) groups is 1. The van der Waals surface area contributed by atoms with Crippen molar-refractivity contribution in [2.24, 2.45) is 0 Å². The highest BCUT2D eigenvalue weighted by molar-refractivity contribution is 7.99. The lowest BCUT2D eigenvalue weighted by molar-refractivity contribution is 0.220. The number of aromatic hydroxyl groups is 1. The molecule has 0 aliphatic carbocycles. The van der Waals surface area contributed by atoms with Gasteiger partial charge < -0.3 is 21.4 Å². The fourth-order valence-electron chi connectivity index (χ4n) is 2.08. The average Bonchev–Trinajstić information content (AvgIpc) is 2.53. The molecular formula is C16H16N4O2S. The highest BCUT2D eigenvalue weighted by atomic mass is 32.2. The lowest BCUT2D eigenvalue weighted by Gasteiger charge is -2.14.